The molecule has 1 saturated heterocycles. The van der Waals surface area contributed by atoms with E-state index in [-0.39, 0.29) is 0 Å². The van der Waals surface area contributed by atoms with Crippen LogP contribution in [0.5, 0.6) is 0 Å². The van der Waals surface area contributed by atoms with Crippen LogP contribution in [0.25, 0.3) is 0 Å². The summed E-state index contributed by atoms with van der Waals surface area (Å²) >= 11 is 0. The van der Waals surface area contributed by atoms with Gasteiger partial charge in [-0.1, -0.05) is 20.3 Å². The lowest BCUT2D eigenvalue weighted by Crippen LogP contribution is -2.47. The zero-order valence-corrected chi connectivity index (χ0v) is 13.1. The molecular formula is C14H28N2O2S. The van der Waals surface area contributed by atoms with Crippen LogP contribution in [0.4, 0.5) is 0 Å². The molecule has 0 radical (unpaired) electrons. The van der Waals surface area contributed by atoms with E-state index in [0.717, 1.165) is 25.9 Å². The minimum absolute atomic E-state index is 0.302. The first-order valence-electron chi connectivity index (χ1n) is 7.73. The normalized spacial score (nSPS) is 28.8. The summed E-state index contributed by atoms with van der Waals surface area (Å²) < 4.78 is 26.8. The molecule has 2 aliphatic rings. The van der Waals surface area contributed by atoms with E-state index in [1.807, 2.05) is 4.31 Å². The van der Waals surface area contributed by atoms with Crippen molar-refractivity contribution in [3.63, 3.8) is 0 Å². The molecule has 19 heavy (non-hydrogen) atoms. The van der Waals surface area contributed by atoms with Crippen molar-refractivity contribution >= 4 is 10.0 Å². The summed E-state index contributed by atoms with van der Waals surface area (Å²) in [4.78, 5) is 0. The Morgan fingerprint density at radius 2 is 1.95 bits per heavy atom. The molecule has 5 heteroatoms. The van der Waals surface area contributed by atoms with Gasteiger partial charge in [-0.15, -0.1) is 0 Å². The van der Waals surface area contributed by atoms with Crippen molar-refractivity contribution < 1.29 is 8.42 Å². The monoisotopic (exact) mass is 288 g/mol. The van der Waals surface area contributed by atoms with Crippen LogP contribution in [0.3, 0.4) is 0 Å². The molecule has 2 fully saturated rings. The van der Waals surface area contributed by atoms with Crippen molar-refractivity contribution in [3.05, 3.63) is 0 Å². The SMILES string of the molecule is CC(C)NCCCS(=O)(=O)N1CCCC2CCCC21. The summed E-state index contributed by atoms with van der Waals surface area (Å²) in [7, 11) is -3.04. The van der Waals surface area contributed by atoms with Gasteiger partial charge in [-0.25, -0.2) is 8.42 Å². The average molecular weight is 288 g/mol. The second-order valence-corrected chi connectivity index (χ2v) is 8.33. The third-order valence-corrected chi connectivity index (χ3v) is 6.40. The molecule has 2 unspecified atom stereocenters. The Balaban J connectivity index is 1.87. The van der Waals surface area contributed by atoms with Gasteiger partial charge >= 0.3 is 0 Å². The molecule has 1 aliphatic carbocycles. The van der Waals surface area contributed by atoms with Gasteiger partial charge in [0.15, 0.2) is 0 Å². The Morgan fingerprint density at radius 1 is 1.21 bits per heavy atom. The number of nitrogens with zero attached hydrogens (tertiary/aromatic N) is 1. The predicted octanol–water partition coefficient (Wildman–Crippen LogP) is 1.97. The standard InChI is InChI=1S/C14H28N2O2S/c1-12(2)15-9-5-11-19(17,18)16-10-4-7-13-6-3-8-14(13)16/h12-15H,3-11H2,1-2H3. The van der Waals surface area contributed by atoms with Crippen LogP contribution >= 0.6 is 0 Å². The molecule has 0 spiro atoms. The molecule has 1 saturated carbocycles. The van der Waals surface area contributed by atoms with Gasteiger partial charge in [0.25, 0.3) is 0 Å². The Hall–Kier alpha value is -0.130. The van der Waals surface area contributed by atoms with Crippen LogP contribution in [0.2, 0.25) is 0 Å². The summed E-state index contributed by atoms with van der Waals surface area (Å²) in [6.07, 6.45) is 6.50. The Labute approximate surface area is 118 Å². The second-order valence-electron chi connectivity index (χ2n) is 6.29. The van der Waals surface area contributed by atoms with Gasteiger partial charge < -0.3 is 5.32 Å². The molecule has 4 nitrogen and oxygen atoms in total. The molecule has 2 atom stereocenters. The number of fused-ring (bicyclic) bond motifs is 1. The predicted molar refractivity (Wildman–Crippen MR) is 78.6 cm³/mol. The highest BCUT2D eigenvalue weighted by molar-refractivity contribution is 7.89. The van der Waals surface area contributed by atoms with Crippen molar-refractivity contribution in [2.24, 2.45) is 5.92 Å². The number of hydrogen-bond acceptors (Lipinski definition) is 3. The average Bonchev–Trinajstić information content (AvgIpc) is 2.82. The molecular weight excluding hydrogens is 260 g/mol. The van der Waals surface area contributed by atoms with Crippen LogP contribution in [0, 0.1) is 5.92 Å². The molecule has 0 bridgehead atoms. The van der Waals surface area contributed by atoms with Gasteiger partial charge in [0.2, 0.25) is 10.0 Å². The van der Waals surface area contributed by atoms with E-state index in [4.69, 9.17) is 0 Å². The van der Waals surface area contributed by atoms with Crippen LogP contribution in [0.15, 0.2) is 0 Å². The Bertz CT molecular complexity index is 381. The molecule has 0 aromatic carbocycles. The van der Waals surface area contributed by atoms with E-state index in [1.54, 1.807) is 0 Å². The van der Waals surface area contributed by atoms with Gasteiger partial charge in [-0.2, -0.15) is 4.31 Å². The van der Waals surface area contributed by atoms with Gasteiger partial charge in [-0.05, 0) is 44.6 Å². The number of rotatable bonds is 6. The lowest BCUT2D eigenvalue weighted by atomic mass is 9.94. The van der Waals surface area contributed by atoms with Gasteiger partial charge in [0.1, 0.15) is 0 Å². The second kappa shape index (κ2) is 6.55. The molecule has 112 valence electrons. The maximum absolute atomic E-state index is 12.5. The summed E-state index contributed by atoms with van der Waals surface area (Å²) in [5.41, 5.74) is 0. The fourth-order valence-corrected chi connectivity index (χ4v) is 5.36. The number of sulfonamides is 1. The maximum atomic E-state index is 12.5. The highest BCUT2D eigenvalue weighted by atomic mass is 32.2. The minimum Gasteiger partial charge on any atom is -0.314 e. The molecule has 2 rings (SSSR count). The zero-order valence-electron chi connectivity index (χ0n) is 12.3. The fourth-order valence-electron chi connectivity index (χ4n) is 3.52. The van der Waals surface area contributed by atoms with Crippen LogP contribution in [-0.4, -0.2) is 43.6 Å². The molecule has 1 aliphatic heterocycles. The van der Waals surface area contributed by atoms with Gasteiger partial charge in [0, 0.05) is 18.6 Å². The summed E-state index contributed by atoms with van der Waals surface area (Å²) in [5.74, 6) is 0.938. The molecule has 0 aromatic rings. The van der Waals surface area contributed by atoms with E-state index >= 15 is 0 Å². The Kier molecular flexibility index (Phi) is 5.26. The summed E-state index contributed by atoms with van der Waals surface area (Å²) in [6.45, 7) is 5.71. The Morgan fingerprint density at radius 3 is 2.68 bits per heavy atom. The van der Waals surface area contributed by atoms with Crippen LogP contribution in [-0.2, 0) is 10.0 Å². The largest absolute Gasteiger partial charge is 0.314 e. The quantitative estimate of drug-likeness (QED) is 0.760. The molecule has 1 heterocycles. The topological polar surface area (TPSA) is 49.4 Å². The van der Waals surface area contributed by atoms with E-state index < -0.39 is 10.0 Å². The number of nitrogens with one attached hydrogen (secondary N) is 1. The van der Waals surface area contributed by atoms with Gasteiger partial charge in [0.05, 0.1) is 5.75 Å². The van der Waals surface area contributed by atoms with Crippen molar-refractivity contribution in [2.75, 3.05) is 18.8 Å². The van der Waals surface area contributed by atoms with Crippen LogP contribution < -0.4 is 5.32 Å². The third-order valence-electron chi connectivity index (χ3n) is 4.43. The van der Waals surface area contributed by atoms with E-state index in [9.17, 15) is 8.42 Å². The van der Waals surface area contributed by atoms with Crippen molar-refractivity contribution in [2.45, 2.75) is 64.5 Å². The molecule has 0 amide bonds. The lowest BCUT2D eigenvalue weighted by molar-refractivity contribution is 0.202. The van der Waals surface area contributed by atoms with E-state index in [0.29, 0.717) is 30.2 Å². The van der Waals surface area contributed by atoms with Crippen LogP contribution in [0.1, 0.15) is 52.4 Å². The first-order valence-corrected chi connectivity index (χ1v) is 9.34. The van der Waals surface area contributed by atoms with Crippen molar-refractivity contribution in [1.82, 2.24) is 9.62 Å². The van der Waals surface area contributed by atoms with Crippen molar-refractivity contribution in [3.8, 4) is 0 Å². The van der Waals surface area contributed by atoms with E-state index in [1.165, 1.54) is 19.3 Å². The first-order chi connectivity index (χ1) is 9.00. The van der Waals surface area contributed by atoms with Crippen molar-refractivity contribution in [1.29, 1.82) is 0 Å². The fraction of sp³-hybridized carbons (Fsp3) is 1.00. The third kappa shape index (κ3) is 3.92. The lowest BCUT2D eigenvalue weighted by Gasteiger charge is -2.36. The smallest absolute Gasteiger partial charge is 0.214 e. The number of hydrogen-bond donors (Lipinski definition) is 1. The number of piperidine rings is 1. The zero-order chi connectivity index (χ0) is 13.9. The highest BCUT2D eigenvalue weighted by Crippen LogP contribution is 2.38. The maximum Gasteiger partial charge on any atom is 0.214 e. The minimum atomic E-state index is -3.04. The summed E-state index contributed by atoms with van der Waals surface area (Å²) in [5, 5.41) is 3.28. The molecule has 0 aromatic heterocycles. The first kappa shape index (κ1) is 15.3. The highest BCUT2D eigenvalue weighted by Gasteiger charge is 2.40. The molecule has 1 N–H and O–H groups in total. The van der Waals surface area contributed by atoms with Gasteiger partial charge in [-0.3, -0.25) is 0 Å². The summed E-state index contributed by atoms with van der Waals surface area (Å²) in [6, 6.07) is 0.744. The van der Waals surface area contributed by atoms with E-state index in [2.05, 4.69) is 19.2 Å².